The van der Waals surface area contributed by atoms with E-state index in [1.807, 2.05) is 36.4 Å². The van der Waals surface area contributed by atoms with Gasteiger partial charge < -0.3 is 24.5 Å². The minimum Gasteiger partial charge on any atom is -0.497 e. The number of amides is 1. The van der Waals surface area contributed by atoms with Crippen LogP contribution in [0.25, 0.3) is 21.9 Å². The number of H-pyrrole nitrogens is 1. The predicted molar refractivity (Wildman–Crippen MR) is 120 cm³/mol. The summed E-state index contributed by atoms with van der Waals surface area (Å²) in [6.07, 6.45) is 1.50. The first kappa shape index (κ1) is 20.8. The van der Waals surface area contributed by atoms with Crippen LogP contribution in [0.15, 0.2) is 47.8 Å². The third kappa shape index (κ3) is 4.36. The molecular weight excluding hydrogens is 416 g/mol. The molecule has 0 aliphatic heterocycles. The van der Waals surface area contributed by atoms with Crippen LogP contribution in [0.3, 0.4) is 0 Å². The van der Waals surface area contributed by atoms with Gasteiger partial charge in [-0.05, 0) is 23.8 Å². The van der Waals surface area contributed by atoms with Crippen molar-refractivity contribution in [3.63, 3.8) is 0 Å². The van der Waals surface area contributed by atoms with Crippen LogP contribution < -0.4 is 19.5 Å². The topological polar surface area (TPSA) is 98.4 Å². The van der Waals surface area contributed by atoms with Crippen molar-refractivity contribution in [3.8, 4) is 17.2 Å². The summed E-state index contributed by atoms with van der Waals surface area (Å²) in [6.45, 7) is 0.432. The van der Waals surface area contributed by atoms with E-state index < -0.39 is 0 Å². The molecule has 0 aliphatic carbocycles. The van der Waals surface area contributed by atoms with Gasteiger partial charge in [-0.15, -0.1) is 0 Å². The van der Waals surface area contributed by atoms with Gasteiger partial charge in [0.1, 0.15) is 22.6 Å². The maximum atomic E-state index is 12.4. The fourth-order valence-corrected chi connectivity index (χ4v) is 4.06. The zero-order valence-corrected chi connectivity index (χ0v) is 18.2. The minimum atomic E-state index is -0.0842. The van der Waals surface area contributed by atoms with Gasteiger partial charge in [0.05, 0.1) is 38.1 Å². The fourth-order valence-electron chi connectivity index (χ4n) is 3.28. The summed E-state index contributed by atoms with van der Waals surface area (Å²) >= 11 is 1.35. The molecule has 31 heavy (non-hydrogen) atoms. The Morgan fingerprint density at radius 2 is 1.87 bits per heavy atom. The first-order chi connectivity index (χ1) is 15.1. The van der Waals surface area contributed by atoms with Crippen LogP contribution in [0, 0.1) is 0 Å². The number of carbonyl (C=O) groups is 1. The molecule has 0 aliphatic rings. The first-order valence-electron chi connectivity index (χ1n) is 9.53. The van der Waals surface area contributed by atoms with Gasteiger partial charge in [-0.1, -0.05) is 23.9 Å². The Labute approximate surface area is 183 Å². The van der Waals surface area contributed by atoms with Gasteiger partial charge in [0.2, 0.25) is 5.91 Å². The quantitative estimate of drug-likeness (QED) is 0.321. The number of hydrogen-bond acceptors (Lipinski definition) is 7. The third-order valence-electron chi connectivity index (χ3n) is 4.81. The Hall–Kier alpha value is -3.46. The van der Waals surface area contributed by atoms with Crippen molar-refractivity contribution >= 4 is 39.6 Å². The van der Waals surface area contributed by atoms with Crippen molar-refractivity contribution < 1.29 is 19.0 Å². The molecule has 2 heterocycles. The summed E-state index contributed by atoms with van der Waals surface area (Å²) in [4.78, 5) is 24.5. The van der Waals surface area contributed by atoms with Gasteiger partial charge in [0.25, 0.3) is 0 Å². The molecule has 0 spiro atoms. The Morgan fingerprint density at radius 3 is 2.65 bits per heavy atom. The molecule has 0 fully saturated rings. The molecule has 2 aromatic heterocycles. The highest BCUT2D eigenvalue weighted by Gasteiger charge is 2.15. The molecule has 0 unspecified atom stereocenters. The molecular formula is C22H22N4O4S. The number of methoxy groups -OCH3 is 3. The maximum Gasteiger partial charge on any atom is 0.230 e. The van der Waals surface area contributed by atoms with E-state index in [2.05, 4.69) is 20.3 Å². The zero-order valence-electron chi connectivity index (χ0n) is 17.4. The zero-order chi connectivity index (χ0) is 21.8. The van der Waals surface area contributed by atoms with E-state index >= 15 is 0 Å². The second-order valence-corrected chi connectivity index (χ2v) is 7.66. The van der Waals surface area contributed by atoms with Gasteiger partial charge in [0.15, 0.2) is 11.5 Å². The van der Waals surface area contributed by atoms with E-state index in [1.54, 1.807) is 21.3 Å². The van der Waals surface area contributed by atoms with Gasteiger partial charge in [0, 0.05) is 18.0 Å². The van der Waals surface area contributed by atoms with Crippen molar-refractivity contribution in [2.45, 2.75) is 11.6 Å². The number of ether oxygens (including phenoxy) is 3. The van der Waals surface area contributed by atoms with Crippen molar-refractivity contribution in [2.24, 2.45) is 0 Å². The molecule has 0 radical (unpaired) electrons. The number of benzene rings is 2. The highest BCUT2D eigenvalue weighted by atomic mass is 32.2. The Kier molecular flexibility index (Phi) is 6.13. The third-order valence-corrected chi connectivity index (χ3v) is 5.80. The number of aromatic amines is 1. The summed E-state index contributed by atoms with van der Waals surface area (Å²) < 4.78 is 16.0. The van der Waals surface area contributed by atoms with E-state index in [1.165, 1.54) is 18.1 Å². The molecule has 4 aromatic rings. The summed E-state index contributed by atoms with van der Waals surface area (Å²) in [5.41, 5.74) is 3.38. The van der Waals surface area contributed by atoms with Gasteiger partial charge in [-0.25, -0.2) is 9.97 Å². The molecule has 0 bridgehead atoms. The lowest BCUT2D eigenvalue weighted by Gasteiger charge is -2.07. The van der Waals surface area contributed by atoms with Crippen LogP contribution >= 0.6 is 11.8 Å². The minimum absolute atomic E-state index is 0.0842. The maximum absolute atomic E-state index is 12.4. The standard InChI is InChI=1S/C22H22N4O4S/c1-28-14-6-4-5-13(7-14)10-23-19(27)11-31-22-21-20(24-12-25-22)15-8-17(29-2)18(30-3)9-16(15)26-21/h4-9,12,26H,10-11H2,1-3H3,(H,23,27). The number of nitrogens with one attached hydrogen (secondary N) is 2. The Bertz CT molecular complexity index is 1240. The Morgan fingerprint density at radius 1 is 1.06 bits per heavy atom. The van der Waals surface area contributed by atoms with Gasteiger partial charge in [-0.2, -0.15) is 0 Å². The van der Waals surface area contributed by atoms with E-state index in [0.29, 0.717) is 23.1 Å². The fraction of sp³-hybridized carbons (Fsp3) is 0.227. The van der Waals surface area contributed by atoms with Crippen molar-refractivity contribution in [1.29, 1.82) is 0 Å². The highest BCUT2D eigenvalue weighted by molar-refractivity contribution is 8.00. The van der Waals surface area contributed by atoms with Crippen LogP contribution in [-0.2, 0) is 11.3 Å². The highest BCUT2D eigenvalue weighted by Crippen LogP contribution is 2.36. The molecule has 2 aromatic carbocycles. The summed E-state index contributed by atoms with van der Waals surface area (Å²) in [7, 11) is 4.81. The molecule has 1 amide bonds. The molecule has 0 atom stereocenters. The monoisotopic (exact) mass is 438 g/mol. The van der Waals surface area contributed by atoms with Crippen LogP contribution in [0.5, 0.6) is 17.2 Å². The lowest BCUT2D eigenvalue weighted by atomic mass is 10.2. The Balaban J connectivity index is 1.49. The van der Waals surface area contributed by atoms with Gasteiger partial charge in [-0.3, -0.25) is 4.79 Å². The van der Waals surface area contributed by atoms with Crippen LogP contribution in [0.1, 0.15) is 5.56 Å². The number of rotatable bonds is 8. The van der Waals surface area contributed by atoms with Crippen LogP contribution in [0.4, 0.5) is 0 Å². The summed E-state index contributed by atoms with van der Waals surface area (Å²) in [5, 5.41) is 4.53. The largest absolute Gasteiger partial charge is 0.497 e. The smallest absolute Gasteiger partial charge is 0.230 e. The van der Waals surface area contributed by atoms with E-state index in [4.69, 9.17) is 14.2 Å². The molecule has 160 valence electrons. The SMILES string of the molecule is COc1cccc(CNC(=O)CSc2ncnc3c2[nH]c2cc(OC)c(OC)cc23)c1. The number of hydrogen-bond donors (Lipinski definition) is 2. The normalized spacial score (nSPS) is 10.9. The van der Waals surface area contributed by atoms with E-state index in [0.717, 1.165) is 33.2 Å². The molecule has 9 heteroatoms. The van der Waals surface area contributed by atoms with Gasteiger partial charge >= 0.3 is 0 Å². The van der Waals surface area contributed by atoms with Crippen LogP contribution in [-0.4, -0.2) is 47.9 Å². The number of fused-ring (bicyclic) bond motifs is 3. The molecule has 4 rings (SSSR count). The van der Waals surface area contributed by atoms with Crippen molar-refractivity contribution in [2.75, 3.05) is 27.1 Å². The average Bonchev–Trinajstić information content (AvgIpc) is 3.18. The van der Waals surface area contributed by atoms with Crippen LogP contribution in [0.2, 0.25) is 0 Å². The van der Waals surface area contributed by atoms with E-state index in [-0.39, 0.29) is 11.7 Å². The number of thioether (sulfide) groups is 1. The van der Waals surface area contributed by atoms with Crippen molar-refractivity contribution in [3.05, 3.63) is 48.3 Å². The summed E-state index contributed by atoms with van der Waals surface area (Å²) in [5.74, 6) is 2.16. The second kappa shape index (κ2) is 9.13. The predicted octanol–water partition coefficient (Wildman–Crippen LogP) is 3.55. The average molecular weight is 439 g/mol. The second-order valence-electron chi connectivity index (χ2n) is 6.70. The number of aromatic nitrogens is 3. The lowest BCUT2D eigenvalue weighted by Crippen LogP contribution is -2.24. The lowest BCUT2D eigenvalue weighted by molar-refractivity contribution is -0.118. The summed E-state index contributed by atoms with van der Waals surface area (Å²) in [6, 6.07) is 11.4. The number of carbonyl (C=O) groups excluding carboxylic acids is 1. The van der Waals surface area contributed by atoms with Crippen molar-refractivity contribution in [1.82, 2.24) is 20.3 Å². The number of nitrogens with zero attached hydrogens (tertiary/aromatic N) is 2. The van der Waals surface area contributed by atoms with E-state index in [9.17, 15) is 4.79 Å². The molecule has 2 N–H and O–H groups in total. The molecule has 8 nitrogen and oxygen atoms in total. The molecule has 0 saturated heterocycles. The first-order valence-corrected chi connectivity index (χ1v) is 10.5. The molecule has 0 saturated carbocycles.